The minimum Gasteiger partial charge on any atom is -0.371 e. The average Bonchev–Trinajstić information content (AvgIpc) is 2.44. The molecule has 2 fully saturated rings. The van der Waals surface area contributed by atoms with Crippen LogP contribution in [0.3, 0.4) is 0 Å². The zero-order valence-corrected chi connectivity index (χ0v) is 12.1. The van der Waals surface area contributed by atoms with Crippen molar-refractivity contribution < 1.29 is 4.74 Å². The minimum atomic E-state index is 0.0199. The van der Waals surface area contributed by atoms with Crippen LogP contribution < -0.4 is 4.90 Å². The van der Waals surface area contributed by atoms with Gasteiger partial charge in [-0.15, -0.1) is 0 Å². The third kappa shape index (κ3) is 2.86. The van der Waals surface area contributed by atoms with E-state index in [2.05, 4.69) is 21.8 Å². The molecule has 0 saturated carbocycles. The second-order valence-corrected chi connectivity index (χ2v) is 6.03. The molecule has 19 heavy (non-hydrogen) atoms. The first-order chi connectivity index (χ1) is 9.17. The SMILES string of the molecule is CN1CCC2(CC1)CN(c1ccc(Cl)cn1)CCO2. The number of hydrogen-bond donors (Lipinski definition) is 0. The predicted octanol–water partition coefficient (Wildman–Crippen LogP) is 2.04. The highest BCUT2D eigenvalue weighted by Crippen LogP contribution is 2.31. The van der Waals surface area contributed by atoms with Crippen molar-refractivity contribution in [3.05, 3.63) is 23.4 Å². The fourth-order valence-corrected chi connectivity index (χ4v) is 3.04. The molecular weight excluding hydrogens is 262 g/mol. The lowest BCUT2D eigenvalue weighted by molar-refractivity contribution is -0.0884. The molecule has 0 amide bonds. The zero-order valence-electron chi connectivity index (χ0n) is 11.3. The molecule has 0 aromatic carbocycles. The highest BCUT2D eigenvalue weighted by molar-refractivity contribution is 6.30. The van der Waals surface area contributed by atoms with Crippen molar-refractivity contribution in [1.29, 1.82) is 0 Å². The molecule has 1 aromatic heterocycles. The van der Waals surface area contributed by atoms with E-state index in [1.165, 1.54) is 0 Å². The number of anilines is 1. The van der Waals surface area contributed by atoms with E-state index in [-0.39, 0.29) is 5.60 Å². The number of ether oxygens (including phenoxy) is 1. The van der Waals surface area contributed by atoms with Gasteiger partial charge in [0.2, 0.25) is 0 Å². The number of morpholine rings is 1. The summed E-state index contributed by atoms with van der Waals surface area (Å²) in [4.78, 5) is 9.12. The molecule has 4 nitrogen and oxygen atoms in total. The van der Waals surface area contributed by atoms with Crippen molar-refractivity contribution in [2.24, 2.45) is 0 Å². The lowest BCUT2D eigenvalue weighted by Crippen LogP contribution is -2.56. The Kier molecular flexibility index (Phi) is 3.65. The molecule has 1 aromatic rings. The highest BCUT2D eigenvalue weighted by Gasteiger charge is 2.39. The van der Waals surface area contributed by atoms with Gasteiger partial charge in [-0.2, -0.15) is 0 Å². The smallest absolute Gasteiger partial charge is 0.128 e. The maximum absolute atomic E-state index is 6.11. The first-order valence-corrected chi connectivity index (χ1v) is 7.24. The number of nitrogens with zero attached hydrogens (tertiary/aromatic N) is 3. The topological polar surface area (TPSA) is 28.6 Å². The van der Waals surface area contributed by atoms with Gasteiger partial charge in [-0.25, -0.2) is 4.98 Å². The maximum atomic E-state index is 6.11. The number of rotatable bonds is 1. The summed E-state index contributed by atoms with van der Waals surface area (Å²) in [5.41, 5.74) is 0.0199. The normalized spacial score (nSPS) is 23.8. The third-order valence-corrected chi connectivity index (χ3v) is 4.41. The minimum absolute atomic E-state index is 0.0199. The Bertz CT molecular complexity index is 429. The summed E-state index contributed by atoms with van der Waals surface area (Å²) in [6, 6.07) is 3.90. The Morgan fingerprint density at radius 3 is 2.74 bits per heavy atom. The van der Waals surface area contributed by atoms with Crippen LogP contribution in [0.4, 0.5) is 5.82 Å². The molecule has 1 spiro atoms. The van der Waals surface area contributed by atoms with Gasteiger partial charge in [-0.05, 0) is 32.0 Å². The highest BCUT2D eigenvalue weighted by atomic mass is 35.5. The summed E-state index contributed by atoms with van der Waals surface area (Å²) in [5.74, 6) is 1.01. The summed E-state index contributed by atoms with van der Waals surface area (Å²) >= 11 is 5.90. The van der Waals surface area contributed by atoms with Crippen LogP contribution >= 0.6 is 11.6 Å². The second-order valence-electron chi connectivity index (χ2n) is 5.59. The summed E-state index contributed by atoms with van der Waals surface area (Å²) in [5, 5.41) is 0.686. The molecule has 0 aliphatic carbocycles. The zero-order chi connectivity index (χ0) is 13.3. The van der Waals surface area contributed by atoms with Crippen LogP contribution in [0.2, 0.25) is 5.02 Å². The van der Waals surface area contributed by atoms with E-state index in [1.54, 1.807) is 6.20 Å². The van der Waals surface area contributed by atoms with Gasteiger partial charge in [0.15, 0.2) is 0 Å². The molecule has 0 atom stereocenters. The van der Waals surface area contributed by atoms with Crippen molar-refractivity contribution in [1.82, 2.24) is 9.88 Å². The van der Waals surface area contributed by atoms with Crippen molar-refractivity contribution >= 4 is 17.4 Å². The molecule has 0 N–H and O–H groups in total. The second kappa shape index (κ2) is 5.27. The molecule has 2 aliphatic rings. The van der Waals surface area contributed by atoms with Crippen LogP contribution in [0.25, 0.3) is 0 Å². The van der Waals surface area contributed by atoms with Gasteiger partial charge < -0.3 is 14.5 Å². The van der Waals surface area contributed by atoms with Crippen LogP contribution in [0.1, 0.15) is 12.8 Å². The number of aromatic nitrogens is 1. The fraction of sp³-hybridized carbons (Fsp3) is 0.643. The summed E-state index contributed by atoms with van der Waals surface area (Å²) in [6.45, 7) is 4.86. The number of piperidine rings is 1. The van der Waals surface area contributed by atoms with E-state index < -0.39 is 0 Å². The van der Waals surface area contributed by atoms with Crippen LogP contribution in [-0.4, -0.2) is 55.3 Å². The Morgan fingerprint density at radius 2 is 2.05 bits per heavy atom. The number of likely N-dealkylation sites (tertiary alicyclic amines) is 1. The molecule has 0 unspecified atom stereocenters. The van der Waals surface area contributed by atoms with Crippen LogP contribution in [0, 0.1) is 0 Å². The summed E-state index contributed by atoms with van der Waals surface area (Å²) in [7, 11) is 2.17. The molecule has 104 valence electrons. The van der Waals surface area contributed by atoms with E-state index in [4.69, 9.17) is 16.3 Å². The monoisotopic (exact) mass is 281 g/mol. The van der Waals surface area contributed by atoms with E-state index >= 15 is 0 Å². The molecule has 5 heteroatoms. The molecule has 2 aliphatic heterocycles. The van der Waals surface area contributed by atoms with Crippen molar-refractivity contribution in [3.8, 4) is 0 Å². The van der Waals surface area contributed by atoms with E-state index in [0.717, 1.165) is 51.4 Å². The van der Waals surface area contributed by atoms with Gasteiger partial charge in [-0.1, -0.05) is 11.6 Å². The maximum Gasteiger partial charge on any atom is 0.128 e. The van der Waals surface area contributed by atoms with Gasteiger partial charge >= 0.3 is 0 Å². The third-order valence-electron chi connectivity index (χ3n) is 4.18. The van der Waals surface area contributed by atoms with E-state index in [9.17, 15) is 0 Å². The number of hydrogen-bond acceptors (Lipinski definition) is 4. The van der Waals surface area contributed by atoms with E-state index in [1.807, 2.05) is 12.1 Å². The number of pyridine rings is 1. The van der Waals surface area contributed by atoms with Crippen LogP contribution in [0.5, 0.6) is 0 Å². The predicted molar refractivity (Wildman–Crippen MR) is 76.9 cm³/mol. The average molecular weight is 282 g/mol. The standard InChI is InChI=1S/C14H20ClN3O/c1-17-6-4-14(5-7-17)11-18(8-9-19-14)13-3-2-12(15)10-16-13/h2-3,10H,4-9,11H2,1H3. The lowest BCUT2D eigenvalue weighted by atomic mass is 9.89. The Hall–Kier alpha value is -0.840. The quantitative estimate of drug-likeness (QED) is 0.788. The fourth-order valence-electron chi connectivity index (χ4n) is 2.92. The Morgan fingerprint density at radius 1 is 1.26 bits per heavy atom. The first kappa shape index (κ1) is 13.2. The van der Waals surface area contributed by atoms with Crippen molar-refractivity contribution in [3.63, 3.8) is 0 Å². The molecular formula is C14H20ClN3O. The van der Waals surface area contributed by atoms with E-state index in [0.29, 0.717) is 5.02 Å². The van der Waals surface area contributed by atoms with Gasteiger partial charge in [-0.3, -0.25) is 0 Å². The largest absolute Gasteiger partial charge is 0.371 e. The van der Waals surface area contributed by atoms with Gasteiger partial charge in [0.1, 0.15) is 5.82 Å². The first-order valence-electron chi connectivity index (χ1n) is 6.86. The van der Waals surface area contributed by atoms with Crippen LogP contribution in [0.15, 0.2) is 18.3 Å². The summed E-state index contributed by atoms with van der Waals surface area (Å²) < 4.78 is 6.11. The van der Waals surface area contributed by atoms with Gasteiger partial charge in [0.25, 0.3) is 0 Å². The molecule has 0 radical (unpaired) electrons. The lowest BCUT2D eigenvalue weighted by Gasteiger charge is -2.47. The molecule has 0 bridgehead atoms. The van der Waals surface area contributed by atoms with Gasteiger partial charge in [0, 0.05) is 32.4 Å². The summed E-state index contributed by atoms with van der Waals surface area (Å²) in [6.07, 6.45) is 3.93. The number of halogens is 1. The van der Waals surface area contributed by atoms with Crippen molar-refractivity contribution in [2.75, 3.05) is 44.7 Å². The Balaban J connectivity index is 1.72. The molecule has 2 saturated heterocycles. The van der Waals surface area contributed by atoms with Gasteiger partial charge in [0.05, 0.1) is 17.2 Å². The van der Waals surface area contributed by atoms with Crippen LogP contribution in [-0.2, 0) is 4.74 Å². The molecule has 3 rings (SSSR count). The molecule has 3 heterocycles. The Labute approximate surface area is 119 Å². The van der Waals surface area contributed by atoms with Crippen molar-refractivity contribution in [2.45, 2.75) is 18.4 Å².